The van der Waals surface area contributed by atoms with Gasteiger partial charge in [-0.05, 0) is 48.6 Å². The predicted octanol–water partition coefficient (Wildman–Crippen LogP) is 4.81. The van der Waals surface area contributed by atoms with Crippen LogP contribution in [0, 0.1) is 5.82 Å². The maximum atomic E-state index is 14.8. The number of amides is 1. The fourth-order valence-electron chi connectivity index (χ4n) is 5.60. The number of sulfone groups is 1. The van der Waals surface area contributed by atoms with Crippen molar-refractivity contribution < 1.29 is 58.2 Å². The standard InChI is InChI=1S/C24H19F8NO5S/c25-15-2-1-3-16(11-15)39(37,38)21-8-9-33(19(34)12-20(35)36)18(21)7-4-13-10-14(5-6-17(13)21)22(26,23(27,28)29)24(30,31)32/h1-3,5-6,10-11,18H,4,7-9,12H2,(H,35,36). The van der Waals surface area contributed by atoms with Gasteiger partial charge in [-0.15, -0.1) is 0 Å². The maximum absolute atomic E-state index is 14.8. The molecule has 2 unspecified atom stereocenters. The summed E-state index contributed by atoms with van der Waals surface area (Å²) < 4.78 is 135. The number of hydrogen-bond acceptors (Lipinski definition) is 4. The third-order valence-corrected chi connectivity index (χ3v) is 9.80. The molecule has 1 N–H and O–H groups in total. The highest BCUT2D eigenvalue weighted by atomic mass is 32.2. The van der Waals surface area contributed by atoms with Gasteiger partial charge < -0.3 is 10.0 Å². The molecule has 4 rings (SSSR count). The molecule has 6 nitrogen and oxygen atoms in total. The first-order valence-corrected chi connectivity index (χ1v) is 12.8. The van der Waals surface area contributed by atoms with Crippen molar-refractivity contribution in [2.75, 3.05) is 6.54 Å². The van der Waals surface area contributed by atoms with E-state index in [0.717, 1.165) is 23.1 Å². The maximum Gasteiger partial charge on any atom is 0.435 e. The van der Waals surface area contributed by atoms with Crippen molar-refractivity contribution in [3.05, 3.63) is 65.0 Å². The number of benzene rings is 2. The molecule has 2 atom stereocenters. The summed E-state index contributed by atoms with van der Waals surface area (Å²) in [5.74, 6) is -3.42. The first kappa shape index (κ1) is 28.8. The molecule has 0 saturated carbocycles. The van der Waals surface area contributed by atoms with Crippen molar-refractivity contribution >= 4 is 21.7 Å². The lowest BCUT2D eigenvalue weighted by Gasteiger charge is -2.43. The largest absolute Gasteiger partial charge is 0.481 e. The summed E-state index contributed by atoms with van der Waals surface area (Å²) in [4.78, 5) is 24.2. The van der Waals surface area contributed by atoms with Gasteiger partial charge in [0.05, 0.1) is 10.9 Å². The third-order valence-electron chi connectivity index (χ3n) is 7.27. The van der Waals surface area contributed by atoms with E-state index in [1.807, 2.05) is 0 Å². The number of carbonyl (C=O) groups excluding carboxylic acids is 1. The minimum Gasteiger partial charge on any atom is -0.481 e. The van der Waals surface area contributed by atoms with Gasteiger partial charge in [-0.25, -0.2) is 17.2 Å². The number of hydrogen-bond donors (Lipinski definition) is 1. The van der Waals surface area contributed by atoms with E-state index in [1.165, 1.54) is 0 Å². The van der Waals surface area contributed by atoms with Gasteiger partial charge in [-0.2, -0.15) is 26.3 Å². The number of halogens is 8. The van der Waals surface area contributed by atoms with Gasteiger partial charge in [0.25, 0.3) is 0 Å². The van der Waals surface area contributed by atoms with Crippen molar-refractivity contribution in [3.8, 4) is 0 Å². The number of nitrogens with zero attached hydrogens (tertiary/aromatic N) is 1. The first-order chi connectivity index (χ1) is 17.9. The van der Waals surface area contributed by atoms with E-state index in [-0.39, 0.29) is 36.6 Å². The van der Waals surface area contributed by atoms with E-state index < -0.39 is 79.6 Å². The van der Waals surface area contributed by atoms with Crippen LogP contribution in [0.15, 0.2) is 47.4 Å². The second-order valence-corrected chi connectivity index (χ2v) is 11.5. The van der Waals surface area contributed by atoms with Gasteiger partial charge in [-0.3, -0.25) is 9.59 Å². The number of aliphatic carboxylic acids is 1. The van der Waals surface area contributed by atoms with Crippen LogP contribution in [0.4, 0.5) is 35.1 Å². The Hall–Kier alpha value is -3.23. The topological polar surface area (TPSA) is 91.8 Å². The fourth-order valence-corrected chi connectivity index (χ4v) is 8.00. The Labute approximate surface area is 216 Å². The van der Waals surface area contributed by atoms with E-state index in [9.17, 15) is 53.1 Å². The van der Waals surface area contributed by atoms with Crippen LogP contribution < -0.4 is 0 Å². The molecule has 0 radical (unpaired) electrons. The molecule has 1 heterocycles. The van der Waals surface area contributed by atoms with Gasteiger partial charge in [-0.1, -0.05) is 24.3 Å². The lowest BCUT2D eigenvalue weighted by atomic mass is 9.76. The number of carboxylic acid groups (broad SMARTS) is 1. The summed E-state index contributed by atoms with van der Waals surface area (Å²) in [7, 11) is -4.72. The highest BCUT2D eigenvalue weighted by Gasteiger charge is 2.73. The van der Waals surface area contributed by atoms with E-state index in [0.29, 0.717) is 18.2 Å². The Bertz CT molecular complexity index is 1420. The van der Waals surface area contributed by atoms with Crippen LogP contribution in [-0.2, 0) is 36.3 Å². The average Bonchev–Trinajstić information content (AvgIpc) is 3.23. The molecule has 0 bridgehead atoms. The minimum atomic E-state index is -6.39. The smallest absolute Gasteiger partial charge is 0.435 e. The minimum absolute atomic E-state index is 0.201. The number of rotatable bonds is 5. The molecule has 1 fully saturated rings. The third kappa shape index (κ3) is 4.25. The molecule has 15 heteroatoms. The lowest BCUT2D eigenvalue weighted by Crippen LogP contribution is -2.53. The van der Waals surface area contributed by atoms with Crippen LogP contribution in [0.2, 0.25) is 0 Å². The zero-order chi connectivity index (χ0) is 29.2. The number of fused-ring (bicyclic) bond motifs is 3. The van der Waals surface area contributed by atoms with Crippen LogP contribution in [-0.4, -0.2) is 55.2 Å². The molecule has 39 heavy (non-hydrogen) atoms. The molecule has 0 spiro atoms. The molecule has 1 aliphatic carbocycles. The van der Waals surface area contributed by atoms with E-state index in [2.05, 4.69) is 0 Å². The summed E-state index contributed by atoms with van der Waals surface area (Å²) in [6.07, 6.45) is -14.9. The van der Waals surface area contributed by atoms with Gasteiger partial charge in [0.2, 0.25) is 5.91 Å². The van der Waals surface area contributed by atoms with Crippen LogP contribution in [0.5, 0.6) is 0 Å². The van der Waals surface area contributed by atoms with Gasteiger partial charge in [0.1, 0.15) is 17.0 Å². The molecule has 2 aromatic rings. The van der Waals surface area contributed by atoms with Crippen molar-refractivity contribution in [1.29, 1.82) is 0 Å². The zero-order valence-electron chi connectivity index (χ0n) is 19.6. The number of likely N-dealkylation sites (tertiary alicyclic amines) is 1. The average molecular weight is 585 g/mol. The number of aryl methyl sites for hydroxylation is 1. The normalized spacial score (nSPS) is 21.8. The Balaban J connectivity index is 1.96. The molecule has 1 aliphatic heterocycles. The van der Waals surface area contributed by atoms with E-state index in [1.54, 1.807) is 0 Å². The second-order valence-electron chi connectivity index (χ2n) is 9.34. The van der Waals surface area contributed by atoms with Crippen LogP contribution in [0.1, 0.15) is 36.0 Å². The quantitative estimate of drug-likeness (QED) is 0.402. The Kier molecular flexibility index (Phi) is 6.76. The summed E-state index contributed by atoms with van der Waals surface area (Å²) >= 11 is 0. The summed E-state index contributed by atoms with van der Waals surface area (Å²) in [5, 5.41) is 9.04. The molecule has 0 aromatic heterocycles. The van der Waals surface area contributed by atoms with E-state index >= 15 is 0 Å². The second kappa shape index (κ2) is 9.17. The Morgan fingerprint density at radius 2 is 1.64 bits per heavy atom. The summed E-state index contributed by atoms with van der Waals surface area (Å²) in [6, 6.07) is 3.62. The summed E-state index contributed by atoms with van der Waals surface area (Å²) in [6.45, 7) is -0.315. The molecule has 2 aromatic carbocycles. The number of alkyl halides is 7. The Morgan fingerprint density at radius 3 is 2.21 bits per heavy atom. The summed E-state index contributed by atoms with van der Waals surface area (Å²) in [5.41, 5.74) is -8.15. The van der Waals surface area contributed by atoms with E-state index in [4.69, 9.17) is 5.11 Å². The monoisotopic (exact) mass is 585 g/mol. The van der Waals surface area contributed by atoms with Gasteiger partial charge in [0.15, 0.2) is 9.84 Å². The van der Waals surface area contributed by atoms with Crippen molar-refractivity contribution in [2.45, 2.75) is 59.4 Å². The number of carboxylic acids is 1. The molecular weight excluding hydrogens is 566 g/mol. The molecule has 1 saturated heterocycles. The van der Waals surface area contributed by atoms with Gasteiger partial charge in [0, 0.05) is 12.1 Å². The van der Waals surface area contributed by atoms with Crippen LogP contribution in [0.25, 0.3) is 0 Å². The van der Waals surface area contributed by atoms with Crippen molar-refractivity contribution in [3.63, 3.8) is 0 Å². The molecular formula is C24H19F8NO5S. The highest BCUT2D eigenvalue weighted by molar-refractivity contribution is 7.92. The lowest BCUT2D eigenvalue weighted by molar-refractivity contribution is -0.348. The van der Waals surface area contributed by atoms with Crippen LogP contribution >= 0.6 is 0 Å². The highest BCUT2D eigenvalue weighted by Crippen LogP contribution is 2.56. The first-order valence-electron chi connectivity index (χ1n) is 11.4. The van der Waals surface area contributed by atoms with Crippen LogP contribution in [0.3, 0.4) is 0 Å². The van der Waals surface area contributed by atoms with Crippen molar-refractivity contribution in [2.24, 2.45) is 0 Å². The molecule has 212 valence electrons. The molecule has 1 amide bonds. The van der Waals surface area contributed by atoms with Gasteiger partial charge >= 0.3 is 24.0 Å². The Morgan fingerprint density at radius 1 is 1.00 bits per heavy atom. The predicted molar refractivity (Wildman–Crippen MR) is 117 cm³/mol. The van der Waals surface area contributed by atoms with Crippen molar-refractivity contribution in [1.82, 2.24) is 4.90 Å². The number of carbonyl (C=O) groups is 2. The zero-order valence-corrected chi connectivity index (χ0v) is 20.4. The fraction of sp³-hybridized carbons (Fsp3) is 0.417. The SMILES string of the molecule is O=C(O)CC(=O)N1CCC2(S(=O)(=O)c3cccc(F)c3)c3ccc(C(F)(C(F)(F)F)C(F)(F)F)cc3CCC12. The molecule has 2 aliphatic rings.